The molecule has 3 amide bonds. The molecule has 2 unspecified atom stereocenters. The maximum absolute atomic E-state index is 13.0. The zero-order valence-electron chi connectivity index (χ0n) is 15.0. The third kappa shape index (κ3) is 2.67. The van der Waals surface area contributed by atoms with Gasteiger partial charge in [0.1, 0.15) is 5.92 Å². The van der Waals surface area contributed by atoms with Crippen molar-refractivity contribution in [3.05, 3.63) is 29.3 Å². The highest BCUT2D eigenvalue weighted by atomic mass is 16.5. The van der Waals surface area contributed by atoms with Crippen LogP contribution in [0.4, 0.5) is 5.69 Å². The molecule has 0 saturated carbocycles. The SMILES string of the molecule is CCOC(=O)C1=NN(C(C)=O)C2C(=O)N(c3cc(C)cc(C)c3)C(=O)C12. The Morgan fingerprint density at radius 2 is 1.73 bits per heavy atom. The first-order valence-corrected chi connectivity index (χ1v) is 8.27. The molecule has 0 bridgehead atoms. The van der Waals surface area contributed by atoms with Crippen LogP contribution < -0.4 is 4.90 Å². The number of benzene rings is 1. The van der Waals surface area contributed by atoms with Gasteiger partial charge in [-0.05, 0) is 44.0 Å². The van der Waals surface area contributed by atoms with E-state index in [4.69, 9.17) is 4.74 Å². The van der Waals surface area contributed by atoms with E-state index in [0.717, 1.165) is 21.0 Å². The number of aryl methyl sites for hydroxylation is 2. The molecule has 2 aliphatic rings. The molecule has 136 valence electrons. The summed E-state index contributed by atoms with van der Waals surface area (Å²) in [5.74, 6) is -3.63. The number of carbonyl (C=O) groups is 4. The summed E-state index contributed by atoms with van der Waals surface area (Å²) in [4.78, 5) is 51.0. The van der Waals surface area contributed by atoms with Crippen LogP contribution in [-0.2, 0) is 23.9 Å². The summed E-state index contributed by atoms with van der Waals surface area (Å²) in [6.07, 6.45) is 0. The first-order chi connectivity index (χ1) is 12.3. The molecule has 8 nitrogen and oxygen atoms in total. The predicted octanol–water partition coefficient (Wildman–Crippen LogP) is 0.943. The lowest BCUT2D eigenvalue weighted by atomic mass is 9.98. The Kier molecular flexibility index (Phi) is 4.35. The summed E-state index contributed by atoms with van der Waals surface area (Å²) < 4.78 is 4.94. The molecule has 0 aliphatic carbocycles. The molecule has 0 N–H and O–H groups in total. The Labute approximate surface area is 150 Å². The molecule has 8 heteroatoms. The number of fused-ring (bicyclic) bond motifs is 1. The van der Waals surface area contributed by atoms with Crippen LogP contribution in [0.2, 0.25) is 0 Å². The number of anilines is 1. The number of ether oxygens (including phenoxy) is 1. The highest BCUT2D eigenvalue weighted by Crippen LogP contribution is 2.36. The van der Waals surface area contributed by atoms with Gasteiger partial charge in [0.05, 0.1) is 12.3 Å². The summed E-state index contributed by atoms with van der Waals surface area (Å²) in [5.41, 5.74) is 1.98. The van der Waals surface area contributed by atoms with E-state index in [9.17, 15) is 19.2 Å². The smallest absolute Gasteiger partial charge is 0.355 e. The molecule has 2 aliphatic heterocycles. The van der Waals surface area contributed by atoms with E-state index < -0.39 is 35.7 Å². The first-order valence-electron chi connectivity index (χ1n) is 8.27. The van der Waals surface area contributed by atoms with E-state index in [1.807, 2.05) is 19.9 Å². The van der Waals surface area contributed by atoms with Gasteiger partial charge in [-0.2, -0.15) is 5.10 Å². The molecule has 0 radical (unpaired) electrons. The van der Waals surface area contributed by atoms with Crippen molar-refractivity contribution >= 4 is 35.1 Å². The highest BCUT2D eigenvalue weighted by Gasteiger charge is 2.59. The lowest BCUT2D eigenvalue weighted by molar-refractivity contribution is -0.136. The molecule has 2 heterocycles. The van der Waals surface area contributed by atoms with Crippen molar-refractivity contribution in [2.24, 2.45) is 11.0 Å². The minimum Gasteiger partial charge on any atom is -0.461 e. The molecule has 1 aromatic carbocycles. The Hall–Kier alpha value is -3.03. The molecule has 0 aromatic heterocycles. The number of rotatable bonds is 3. The van der Waals surface area contributed by atoms with Gasteiger partial charge in [-0.1, -0.05) is 6.07 Å². The van der Waals surface area contributed by atoms with E-state index in [2.05, 4.69) is 5.10 Å². The normalized spacial score (nSPS) is 21.8. The van der Waals surface area contributed by atoms with E-state index in [1.165, 1.54) is 6.92 Å². The number of hydrazone groups is 1. The molecular formula is C18H19N3O5. The number of esters is 1. The number of hydrogen-bond acceptors (Lipinski definition) is 6. The van der Waals surface area contributed by atoms with Crippen molar-refractivity contribution in [1.29, 1.82) is 0 Å². The fraction of sp³-hybridized carbons (Fsp3) is 0.389. The number of carbonyl (C=O) groups excluding carboxylic acids is 4. The maximum atomic E-state index is 13.0. The van der Waals surface area contributed by atoms with Crippen LogP contribution in [0.15, 0.2) is 23.3 Å². The second-order valence-electron chi connectivity index (χ2n) is 6.35. The van der Waals surface area contributed by atoms with Crippen LogP contribution in [-0.4, -0.2) is 47.1 Å². The minimum absolute atomic E-state index is 0.0955. The molecule has 3 rings (SSSR count). The van der Waals surface area contributed by atoms with E-state index in [0.29, 0.717) is 5.69 Å². The van der Waals surface area contributed by atoms with Gasteiger partial charge in [0, 0.05) is 6.92 Å². The van der Waals surface area contributed by atoms with Crippen LogP contribution in [0, 0.1) is 19.8 Å². The third-order valence-electron chi connectivity index (χ3n) is 4.32. The van der Waals surface area contributed by atoms with Gasteiger partial charge in [0.15, 0.2) is 11.8 Å². The van der Waals surface area contributed by atoms with Crippen LogP contribution in [0.3, 0.4) is 0 Å². The second kappa shape index (κ2) is 6.36. The maximum Gasteiger partial charge on any atom is 0.355 e. The molecule has 1 fully saturated rings. The minimum atomic E-state index is -1.15. The average molecular weight is 357 g/mol. The van der Waals surface area contributed by atoms with Gasteiger partial charge in [0.25, 0.3) is 5.91 Å². The van der Waals surface area contributed by atoms with Crippen molar-refractivity contribution < 1.29 is 23.9 Å². The molecule has 26 heavy (non-hydrogen) atoms. The molecule has 0 spiro atoms. The monoisotopic (exact) mass is 357 g/mol. The molecule has 1 aromatic rings. The Morgan fingerprint density at radius 3 is 2.27 bits per heavy atom. The van der Waals surface area contributed by atoms with Crippen molar-refractivity contribution in [1.82, 2.24) is 5.01 Å². The molecule has 2 atom stereocenters. The van der Waals surface area contributed by atoms with Crippen molar-refractivity contribution in [2.75, 3.05) is 11.5 Å². The van der Waals surface area contributed by atoms with Crippen LogP contribution in [0.1, 0.15) is 25.0 Å². The zero-order chi connectivity index (χ0) is 19.2. The average Bonchev–Trinajstić information content (AvgIpc) is 3.04. The summed E-state index contributed by atoms with van der Waals surface area (Å²) in [6, 6.07) is 4.19. The van der Waals surface area contributed by atoms with Gasteiger partial charge in [-0.15, -0.1) is 0 Å². The van der Waals surface area contributed by atoms with E-state index in [-0.39, 0.29) is 12.3 Å². The lowest BCUT2D eigenvalue weighted by Gasteiger charge is -2.19. The number of nitrogens with zero attached hydrogens (tertiary/aromatic N) is 3. The van der Waals surface area contributed by atoms with Crippen molar-refractivity contribution in [3.8, 4) is 0 Å². The van der Waals surface area contributed by atoms with Crippen molar-refractivity contribution in [2.45, 2.75) is 33.7 Å². The van der Waals surface area contributed by atoms with Crippen LogP contribution >= 0.6 is 0 Å². The van der Waals surface area contributed by atoms with Crippen molar-refractivity contribution in [3.63, 3.8) is 0 Å². The van der Waals surface area contributed by atoms with Gasteiger partial charge in [-0.3, -0.25) is 14.4 Å². The summed E-state index contributed by atoms with van der Waals surface area (Å²) in [7, 11) is 0. The number of hydrogen-bond donors (Lipinski definition) is 0. The molecular weight excluding hydrogens is 338 g/mol. The van der Waals surface area contributed by atoms with E-state index >= 15 is 0 Å². The van der Waals surface area contributed by atoms with Crippen LogP contribution in [0.25, 0.3) is 0 Å². The number of imide groups is 1. The largest absolute Gasteiger partial charge is 0.461 e. The fourth-order valence-electron chi connectivity index (χ4n) is 3.38. The Morgan fingerprint density at radius 1 is 1.12 bits per heavy atom. The topological polar surface area (TPSA) is 96.3 Å². The summed E-state index contributed by atoms with van der Waals surface area (Å²) >= 11 is 0. The van der Waals surface area contributed by atoms with Gasteiger partial charge >= 0.3 is 5.97 Å². The predicted molar refractivity (Wildman–Crippen MR) is 92.3 cm³/mol. The van der Waals surface area contributed by atoms with E-state index in [1.54, 1.807) is 19.1 Å². The zero-order valence-corrected chi connectivity index (χ0v) is 15.0. The molecule has 1 saturated heterocycles. The first kappa shape index (κ1) is 17.8. The Bertz CT molecular complexity index is 840. The van der Waals surface area contributed by atoms with Gasteiger partial charge < -0.3 is 4.74 Å². The summed E-state index contributed by atoms with van der Waals surface area (Å²) in [6.45, 7) is 6.66. The Balaban J connectivity index is 2.06. The third-order valence-corrected chi connectivity index (χ3v) is 4.32. The fourth-order valence-corrected chi connectivity index (χ4v) is 3.38. The quantitative estimate of drug-likeness (QED) is 0.593. The standard InChI is InChI=1S/C18H19N3O5/c1-5-26-18(25)14-13-15(21(19-14)11(4)22)17(24)20(16(13)23)12-7-9(2)6-10(3)8-12/h6-8,13,15H,5H2,1-4H3. The lowest BCUT2D eigenvalue weighted by Crippen LogP contribution is -2.41. The second-order valence-corrected chi connectivity index (χ2v) is 6.35. The van der Waals surface area contributed by atoms with Crippen LogP contribution in [0.5, 0.6) is 0 Å². The highest BCUT2D eigenvalue weighted by molar-refractivity contribution is 6.47. The summed E-state index contributed by atoms with van der Waals surface area (Å²) in [5, 5.41) is 4.81. The van der Waals surface area contributed by atoms with Gasteiger partial charge in [-0.25, -0.2) is 14.7 Å². The van der Waals surface area contributed by atoms with Gasteiger partial charge in [0.2, 0.25) is 11.8 Å². The number of amides is 3.